The van der Waals surface area contributed by atoms with Crippen molar-refractivity contribution in [2.75, 3.05) is 31.7 Å². The molecule has 1 atom stereocenters. The summed E-state index contributed by atoms with van der Waals surface area (Å²) in [6.45, 7) is 2.40. The minimum atomic E-state index is -0.366. The van der Waals surface area contributed by atoms with Crippen molar-refractivity contribution in [2.45, 2.75) is 50.4 Å². The number of anilines is 1. The van der Waals surface area contributed by atoms with Gasteiger partial charge in [-0.15, -0.1) is 0 Å². The molecule has 2 aliphatic heterocycles. The summed E-state index contributed by atoms with van der Waals surface area (Å²) in [5.41, 5.74) is 6.85. The Morgan fingerprint density at radius 1 is 1.12 bits per heavy atom. The zero-order chi connectivity index (χ0) is 17.8. The van der Waals surface area contributed by atoms with E-state index in [1.165, 1.54) is 19.3 Å². The number of guanidine groups is 1. The first-order chi connectivity index (χ1) is 12.7. The predicted octanol–water partition coefficient (Wildman–Crippen LogP) is 2.65. The molecule has 1 saturated heterocycles. The van der Waals surface area contributed by atoms with E-state index in [-0.39, 0.29) is 11.9 Å². The van der Waals surface area contributed by atoms with Crippen LogP contribution < -0.4 is 20.5 Å². The fourth-order valence-corrected chi connectivity index (χ4v) is 3.69. The highest BCUT2D eigenvalue weighted by molar-refractivity contribution is 5.92. The first-order valence-electron chi connectivity index (χ1n) is 9.51. The van der Waals surface area contributed by atoms with Crippen molar-refractivity contribution in [1.29, 1.82) is 0 Å². The van der Waals surface area contributed by atoms with Gasteiger partial charge in [0.15, 0.2) is 23.2 Å². The molecule has 7 nitrogen and oxygen atoms in total. The molecule has 142 valence electrons. The molecule has 2 fully saturated rings. The van der Waals surface area contributed by atoms with Crippen LogP contribution in [0.2, 0.25) is 0 Å². The van der Waals surface area contributed by atoms with Gasteiger partial charge in [-0.3, -0.25) is 4.99 Å². The second-order valence-corrected chi connectivity index (χ2v) is 7.09. The predicted molar refractivity (Wildman–Crippen MR) is 98.8 cm³/mol. The summed E-state index contributed by atoms with van der Waals surface area (Å²) in [5, 5.41) is 3.10. The van der Waals surface area contributed by atoms with Crippen LogP contribution in [-0.4, -0.2) is 44.2 Å². The molecule has 2 heterocycles. The van der Waals surface area contributed by atoms with Gasteiger partial charge in [0.2, 0.25) is 0 Å². The third-order valence-corrected chi connectivity index (χ3v) is 5.01. The molecule has 0 radical (unpaired) electrons. The number of hydrogen-bond acceptors (Lipinski definition) is 5. The first kappa shape index (κ1) is 17.4. The lowest BCUT2D eigenvalue weighted by Gasteiger charge is -2.31. The van der Waals surface area contributed by atoms with Gasteiger partial charge in [-0.05, 0) is 25.0 Å². The van der Waals surface area contributed by atoms with Crippen molar-refractivity contribution in [2.24, 2.45) is 10.7 Å². The standard InChI is InChI=1S/C19H27N3O4/c20-18(21-12-15-13-25-19(26-15)7-2-1-3-8-19)22-14-5-6-16-17(11-14)24-10-4-9-23-16/h5-6,11,15H,1-4,7-10,12-13H2,(H3,20,21,22). The Hall–Kier alpha value is -1.99. The van der Waals surface area contributed by atoms with E-state index in [0.717, 1.165) is 36.4 Å². The monoisotopic (exact) mass is 361 g/mol. The second-order valence-electron chi connectivity index (χ2n) is 7.09. The van der Waals surface area contributed by atoms with Crippen LogP contribution in [0.4, 0.5) is 5.69 Å². The minimum Gasteiger partial charge on any atom is -0.490 e. The van der Waals surface area contributed by atoms with Crippen LogP contribution in [-0.2, 0) is 9.47 Å². The number of nitrogens with zero attached hydrogens (tertiary/aromatic N) is 1. The Balaban J connectivity index is 1.32. The molecule has 3 aliphatic rings. The van der Waals surface area contributed by atoms with E-state index < -0.39 is 0 Å². The summed E-state index contributed by atoms with van der Waals surface area (Å²) in [4.78, 5) is 4.42. The van der Waals surface area contributed by atoms with Crippen LogP contribution in [0.1, 0.15) is 38.5 Å². The molecule has 1 aromatic rings. The van der Waals surface area contributed by atoms with Crippen LogP contribution in [0.25, 0.3) is 0 Å². The third-order valence-electron chi connectivity index (χ3n) is 5.01. The van der Waals surface area contributed by atoms with Gasteiger partial charge in [-0.1, -0.05) is 6.42 Å². The van der Waals surface area contributed by atoms with Gasteiger partial charge >= 0.3 is 0 Å². The van der Waals surface area contributed by atoms with Gasteiger partial charge in [-0.25, -0.2) is 0 Å². The molecule has 1 aromatic carbocycles. The van der Waals surface area contributed by atoms with E-state index in [4.69, 9.17) is 24.7 Å². The van der Waals surface area contributed by atoms with E-state index in [2.05, 4.69) is 10.3 Å². The maximum absolute atomic E-state index is 6.13. The molecule has 1 saturated carbocycles. The van der Waals surface area contributed by atoms with E-state index in [0.29, 0.717) is 32.3 Å². The zero-order valence-corrected chi connectivity index (χ0v) is 15.0. The van der Waals surface area contributed by atoms with Crippen molar-refractivity contribution in [1.82, 2.24) is 0 Å². The van der Waals surface area contributed by atoms with Gasteiger partial charge in [0, 0.05) is 31.0 Å². The molecule has 1 unspecified atom stereocenters. The number of nitrogens with two attached hydrogens (primary N) is 1. The van der Waals surface area contributed by atoms with Crippen molar-refractivity contribution in [3.05, 3.63) is 18.2 Å². The van der Waals surface area contributed by atoms with Gasteiger partial charge in [-0.2, -0.15) is 0 Å². The summed E-state index contributed by atoms with van der Waals surface area (Å²) in [5.74, 6) is 1.48. The summed E-state index contributed by atoms with van der Waals surface area (Å²) < 4.78 is 23.4. The Bertz CT molecular complexity index is 658. The summed E-state index contributed by atoms with van der Waals surface area (Å²) in [6.07, 6.45) is 6.43. The van der Waals surface area contributed by atoms with Crippen LogP contribution in [0.3, 0.4) is 0 Å². The first-order valence-corrected chi connectivity index (χ1v) is 9.51. The second kappa shape index (κ2) is 7.72. The van der Waals surface area contributed by atoms with Crippen molar-refractivity contribution < 1.29 is 18.9 Å². The van der Waals surface area contributed by atoms with Crippen molar-refractivity contribution in [3.63, 3.8) is 0 Å². The summed E-state index contributed by atoms with van der Waals surface area (Å²) >= 11 is 0. The molecular weight excluding hydrogens is 334 g/mol. The molecule has 7 heteroatoms. The Morgan fingerprint density at radius 2 is 1.92 bits per heavy atom. The Labute approximate surface area is 153 Å². The molecule has 0 aromatic heterocycles. The number of aliphatic imine (C=N–C) groups is 1. The van der Waals surface area contributed by atoms with E-state index in [1.807, 2.05) is 18.2 Å². The van der Waals surface area contributed by atoms with Gasteiger partial charge < -0.3 is 30.0 Å². The topological polar surface area (TPSA) is 87.3 Å². The van der Waals surface area contributed by atoms with E-state index >= 15 is 0 Å². The number of benzene rings is 1. The highest BCUT2D eigenvalue weighted by atomic mass is 16.7. The maximum atomic E-state index is 6.13. The van der Waals surface area contributed by atoms with E-state index in [9.17, 15) is 0 Å². The lowest BCUT2D eigenvalue weighted by molar-refractivity contribution is -0.186. The van der Waals surface area contributed by atoms with Gasteiger partial charge in [0.25, 0.3) is 0 Å². The average Bonchev–Trinajstić information content (AvgIpc) is 2.88. The smallest absolute Gasteiger partial charge is 0.193 e. The average molecular weight is 361 g/mol. The Kier molecular flexibility index (Phi) is 5.17. The number of fused-ring (bicyclic) bond motifs is 1. The van der Waals surface area contributed by atoms with Gasteiger partial charge in [0.05, 0.1) is 26.4 Å². The number of rotatable bonds is 3. The van der Waals surface area contributed by atoms with E-state index in [1.54, 1.807) is 0 Å². The lowest BCUT2D eigenvalue weighted by atomic mass is 9.94. The molecule has 3 N–H and O–H groups in total. The number of nitrogens with one attached hydrogen (secondary N) is 1. The number of hydrogen-bond donors (Lipinski definition) is 2. The minimum absolute atomic E-state index is 0.0303. The highest BCUT2D eigenvalue weighted by Crippen LogP contribution is 2.37. The molecule has 0 bridgehead atoms. The quantitative estimate of drug-likeness (QED) is 0.636. The normalized spacial score (nSPS) is 25.1. The van der Waals surface area contributed by atoms with Crippen LogP contribution in [0.15, 0.2) is 23.2 Å². The molecular formula is C19H27N3O4. The summed E-state index contributed by atoms with van der Waals surface area (Å²) in [7, 11) is 0. The molecule has 26 heavy (non-hydrogen) atoms. The summed E-state index contributed by atoms with van der Waals surface area (Å²) in [6, 6.07) is 5.67. The zero-order valence-electron chi connectivity index (χ0n) is 15.0. The van der Waals surface area contributed by atoms with Crippen molar-refractivity contribution >= 4 is 11.6 Å². The molecule has 0 amide bonds. The highest BCUT2D eigenvalue weighted by Gasteiger charge is 2.42. The SMILES string of the molecule is NC(=NCC1COC2(CCCCC2)O1)Nc1ccc2c(c1)OCCCO2. The van der Waals surface area contributed by atoms with Crippen molar-refractivity contribution in [3.8, 4) is 11.5 Å². The molecule has 4 rings (SSSR count). The van der Waals surface area contributed by atoms with Crippen LogP contribution in [0, 0.1) is 0 Å². The van der Waals surface area contributed by atoms with Gasteiger partial charge in [0.1, 0.15) is 6.10 Å². The largest absolute Gasteiger partial charge is 0.490 e. The van der Waals surface area contributed by atoms with Crippen LogP contribution in [0.5, 0.6) is 11.5 Å². The van der Waals surface area contributed by atoms with Crippen LogP contribution >= 0.6 is 0 Å². The molecule has 1 spiro atoms. The fraction of sp³-hybridized carbons (Fsp3) is 0.632. The fourth-order valence-electron chi connectivity index (χ4n) is 3.69. The lowest BCUT2D eigenvalue weighted by Crippen LogP contribution is -2.34. The third kappa shape index (κ3) is 4.04. The maximum Gasteiger partial charge on any atom is 0.193 e. The molecule has 1 aliphatic carbocycles. The Morgan fingerprint density at radius 3 is 2.77 bits per heavy atom. The number of ether oxygens (including phenoxy) is 4.